The first-order chi connectivity index (χ1) is 23.9. The van der Waals surface area contributed by atoms with Gasteiger partial charge in [-0.3, -0.25) is 19.3 Å². The summed E-state index contributed by atoms with van der Waals surface area (Å²) in [7, 11) is 2.85. The van der Waals surface area contributed by atoms with Crippen molar-refractivity contribution in [3.8, 4) is 17.2 Å². The number of aromatic hydroxyl groups is 2. The lowest BCUT2D eigenvalue weighted by atomic mass is 9.72. The first-order valence-electron chi connectivity index (χ1n) is 16.2. The maximum atomic E-state index is 14.0. The highest BCUT2D eigenvalue weighted by Crippen LogP contribution is 2.53. The number of phenolic OH excluding ortho intramolecular Hbond substituents is 2. The SMILES string of the molecule is COc1cccc2c1C(=O)c1c(O)c3c(c(O)c1C2=O)C[C@@](O)(C(=O)COCC(=O)O)C[C@@H]3O[C@H]1C[C@H]2[C@H](O[C@@H]3[C@@H](OC)OCCN32)[C@H](C)O1. The first-order valence-corrected chi connectivity index (χ1v) is 16.2. The quantitative estimate of drug-likeness (QED) is 0.227. The molecule has 7 rings (SSSR count). The average Bonchev–Trinajstić information content (AvgIpc) is 3.47. The van der Waals surface area contributed by atoms with Crippen LogP contribution in [0.5, 0.6) is 17.2 Å². The summed E-state index contributed by atoms with van der Waals surface area (Å²) in [5.74, 6) is -5.09. The van der Waals surface area contributed by atoms with Crippen LogP contribution < -0.4 is 4.74 Å². The number of nitrogens with zero attached hydrogens (tertiary/aromatic N) is 1. The molecule has 2 aliphatic carbocycles. The average molecular weight is 700 g/mol. The van der Waals surface area contributed by atoms with E-state index in [1.807, 2.05) is 0 Å². The Balaban J connectivity index is 1.28. The number of hydrogen-bond donors (Lipinski definition) is 4. The number of hydrogen-bond acceptors (Lipinski definition) is 15. The maximum Gasteiger partial charge on any atom is 0.329 e. The number of ether oxygens (including phenoxy) is 7. The van der Waals surface area contributed by atoms with Gasteiger partial charge in [0, 0.05) is 55.6 Å². The molecule has 0 saturated carbocycles. The predicted molar refractivity (Wildman–Crippen MR) is 165 cm³/mol. The molecule has 3 heterocycles. The van der Waals surface area contributed by atoms with Crippen LogP contribution in [0.2, 0.25) is 0 Å². The Morgan fingerprint density at radius 3 is 2.52 bits per heavy atom. The summed E-state index contributed by atoms with van der Waals surface area (Å²) < 4.78 is 40.4. The van der Waals surface area contributed by atoms with Crippen LogP contribution in [0.15, 0.2) is 18.2 Å². The van der Waals surface area contributed by atoms with E-state index < -0.39 is 109 Å². The Morgan fingerprint density at radius 1 is 1.04 bits per heavy atom. The second-order valence-corrected chi connectivity index (χ2v) is 13.0. The lowest BCUT2D eigenvalue weighted by Gasteiger charge is -2.43. The van der Waals surface area contributed by atoms with Crippen molar-refractivity contribution in [2.45, 2.75) is 74.9 Å². The molecule has 0 bridgehead atoms. The number of Topliss-reactive ketones (excluding diaryl/α,β-unsaturated/α-hetero) is 1. The fourth-order valence-corrected chi connectivity index (χ4v) is 7.91. The highest BCUT2D eigenvalue weighted by molar-refractivity contribution is 6.31. The Labute approximate surface area is 285 Å². The molecule has 268 valence electrons. The number of phenols is 2. The fraction of sp³-hybridized carbons (Fsp3) is 0.529. The van der Waals surface area contributed by atoms with Crippen LogP contribution in [0.25, 0.3) is 0 Å². The second-order valence-electron chi connectivity index (χ2n) is 13.0. The predicted octanol–water partition coefficient (Wildman–Crippen LogP) is 0.820. The van der Waals surface area contributed by atoms with E-state index in [-0.39, 0.29) is 46.6 Å². The number of aliphatic carboxylic acids is 1. The van der Waals surface area contributed by atoms with E-state index in [4.69, 9.17) is 38.3 Å². The largest absolute Gasteiger partial charge is 0.507 e. The fourth-order valence-electron chi connectivity index (χ4n) is 7.91. The topological polar surface area (TPSA) is 217 Å². The number of carboxylic acid groups (broad SMARTS) is 1. The standard InChI is InChI=1S/C34H37NO15/c1-14-31-17(35-7-8-47-33(45-3)32(35)50-31)9-22(48-14)49-19-11-34(43,20(36)12-46-13-21(37)38)10-16-24(19)30(42)26-25(28(16)40)27(39)15-5-4-6-18(44-2)23(15)29(26)41/h4-6,14,17,19,22,31-33,40,42-43H,7-13H2,1-3H3,(H,37,38)/t14-,17-,19-,22-,31+,32+,33-,34-/m0/s1. The molecule has 5 aliphatic rings. The Bertz CT molecular complexity index is 1760. The van der Waals surface area contributed by atoms with Gasteiger partial charge in [0.1, 0.15) is 42.2 Å². The summed E-state index contributed by atoms with van der Waals surface area (Å²) in [6, 6.07) is 4.17. The highest BCUT2D eigenvalue weighted by Gasteiger charge is 2.55. The minimum Gasteiger partial charge on any atom is -0.507 e. The molecule has 2 aromatic carbocycles. The summed E-state index contributed by atoms with van der Waals surface area (Å²) in [4.78, 5) is 54.3. The first kappa shape index (κ1) is 34.4. The number of rotatable bonds is 9. The number of carboxylic acids is 1. The molecule has 16 heteroatoms. The molecule has 2 aromatic rings. The summed E-state index contributed by atoms with van der Waals surface area (Å²) >= 11 is 0. The third kappa shape index (κ3) is 5.47. The molecule has 3 saturated heterocycles. The van der Waals surface area contributed by atoms with E-state index in [1.54, 1.807) is 6.92 Å². The third-order valence-electron chi connectivity index (χ3n) is 10.2. The number of benzene rings is 2. The van der Waals surface area contributed by atoms with Crippen molar-refractivity contribution in [3.63, 3.8) is 0 Å². The van der Waals surface area contributed by atoms with Crippen LogP contribution in [0.4, 0.5) is 0 Å². The van der Waals surface area contributed by atoms with Crippen molar-refractivity contribution < 1.29 is 72.8 Å². The van der Waals surface area contributed by atoms with E-state index in [2.05, 4.69) is 4.90 Å². The molecular weight excluding hydrogens is 662 g/mol. The lowest BCUT2D eigenvalue weighted by molar-refractivity contribution is -0.256. The minimum absolute atomic E-state index is 0.0661. The molecule has 8 atom stereocenters. The van der Waals surface area contributed by atoms with Crippen LogP contribution in [-0.4, -0.2) is 132 Å². The summed E-state index contributed by atoms with van der Waals surface area (Å²) in [5, 5.41) is 44.3. The van der Waals surface area contributed by atoms with Crippen molar-refractivity contribution in [1.82, 2.24) is 4.90 Å². The van der Waals surface area contributed by atoms with E-state index in [1.165, 1.54) is 32.4 Å². The van der Waals surface area contributed by atoms with Crippen LogP contribution in [0.1, 0.15) is 68.8 Å². The monoisotopic (exact) mass is 699 g/mol. The zero-order valence-corrected chi connectivity index (χ0v) is 27.5. The van der Waals surface area contributed by atoms with Crippen molar-refractivity contribution in [2.24, 2.45) is 0 Å². The lowest BCUT2D eigenvalue weighted by Crippen LogP contribution is -2.55. The van der Waals surface area contributed by atoms with Crippen molar-refractivity contribution in [1.29, 1.82) is 0 Å². The van der Waals surface area contributed by atoms with Crippen LogP contribution >= 0.6 is 0 Å². The number of morpholine rings is 1. The van der Waals surface area contributed by atoms with Crippen LogP contribution in [0.3, 0.4) is 0 Å². The van der Waals surface area contributed by atoms with Crippen LogP contribution in [0, 0.1) is 0 Å². The van der Waals surface area contributed by atoms with Gasteiger partial charge in [-0.1, -0.05) is 12.1 Å². The molecule has 4 N–H and O–H groups in total. The molecule has 0 unspecified atom stereocenters. The molecule has 3 fully saturated rings. The van der Waals surface area contributed by atoms with Gasteiger partial charge in [0.25, 0.3) is 0 Å². The Kier molecular flexibility index (Phi) is 8.93. The van der Waals surface area contributed by atoms with E-state index in [0.717, 1.165) is 0 Å². The normalized spacial score (nSPS) is 31.6. The van der Waals surface area contributed by atoms with Gasteiger partial charge in [-0.05, 0) is 13.0 Å². The molecule has 0 amide bonds. The Morgan fingerprint density at radius 2 is 1.80 bits per heavy atom. The number of carbonyl (C=O) groups is 4. The summed E-state index contributed by atoms with van der Waals surface area (Å²) in [6.07, 6.45) is -5.20. The number of fused-ring (bicyclic) bond motifs is 6. The maximum absolute atomic E-state index is 14.0. The summed E-state index contributed by atoms with van der Waals surface area (Å²) in [5.41, 5.74) is -3.73. The molecule has 0 radical (unpaired) electrons. The minimum atomic E-state index is -2.31. The van der Waals surface area contributed by atoms with Crippen molar-refractivity contribution in [3.05, 3.63) is 51.6 Å². The van der Waals surface area contributed by atoms with Gasteiger partial charge in [-0.15, -0.1) is 0 Å². The van der Waals surface area contributed by atoms with Gasteiger partial charge in [0.2, 0.25) is 5.78 Å². The zero-order valence-electron chi connectivity index (χ0n) is 27.5. The molecule has 16 nitrogen and oxygen atoms in total. The van der Waals surface area contributed by atoms with E-state index >= 15 is 0 Å². The number of carbonyl (C=O) groups excluding carboxylic acids is 3. The van der Waals surface area contributed by atoms with Gasteiger partial charge in [0.15, 0.2) is 30.4 Å². The molecular formula is C34H37NO15. The molecule has 50 heavy (non-hydrogen) atoms. The van der Waals surface area contributed by atoms with Crippen molar-refractivity contribution >= 4 is 23.3 Å². The van der Waals surface area contributed by atoms with Crippen molar-refractivity contribution in [2.75, 3.05) is 40.6 Å². The molecule has 3 aliphatic heterocycles. The number of ketones is 3. The Hall–Kier alpha value is -4.00. The zero-order chi connectivity index (χ0) is 35.6. The van der Waals surface area contributed by atoms with Crippen LogP contribution in [-0.2, 0) is 44.4 Å². The third-order valence-corrected chi connectivity index (χ3v) is 10.2. The van der Waals surface area contributed by atoms with E-state index in [9.17, 15) is 34.5 Å². The van der Waals surface area contributed by atoms with Gasteiger partial charge >= 0.3 is 5.97 Å². The van der Waals surface area contributed by atoms with Gasteiger partial charge < -0.3 is 53.6 Å². The highest BCUT2D eigenvalue weighted by atomic mass is 16.7. The van der Waals surface area contributed by atoms with Gasteiger partial charge in [-0.25, -0.2) is 4.79 Å². The van der Waals surface area contributed by atoms with Gasteiger partial charge in [-0.2, -0.15) is 0 Å². The molecule has 0 spiro atoms. The van der Waals surface area contributed by atoms with Gasteiger partial charge in [0.05, 0.1) is 42.6 Å². The second kappa shape index (κ2) is 13.0. The summed E-state index contributed by atoms with van der Waals surface area (Å²) in [6.45, 7) is 1.16. The smallest absolute Gasteiger partial charge is 0.329 e. The number of aliphatic hydroxyl groups is 1. The van der Waals surface area contributed by atoms with E-state index in [0.29, 0.717) is 13.2 Å². The molecule has 0 aromatic heterocycles. The number of methoxy groups -OCH3 is 2.